The summed E-state index contributed by atoms with van der Waals surface area (Å²) in [6.07, 6.45) is 8.43. The van der Waals surface area contributed by atoms with E-state index in [1.165, 1.54) is 32.1 Å². The highest BCUT2D eigenvalue weighted by Crippen LogP contribution is 2.19. The van der Waals surface area contributed by atoms with Gasteiger partial charge in [0.25, 0.3) is 0 Å². The zero-order valence-corrected chi connectivity index (χ0v) is 11.4. The largest absolute Gasteiger partial charge is 0.465 e. The van der Waals surface area contributed by atoms with E-state index < -0.39 is 0 Å². The van der Waals surface area contributed by atoms with Gasteiger partial charge in [-0.2, -0.15) is 0 Å². The minimum atomic E-state index is -0.0114. The van der Waals surface area contributed by atoms with Gasteiger partial charge in [-0.3, -0.25) is 9.69 Å². The van der Waals surface area contributed by atoms with Crippen LogP contribution in [0.25, 0.3) is 0 Å². The van der Waals surface area contributed by atoms with Crippen LogP contribution in [0, 0.1) is 0 Å². The molecular formula is C14H27NO2. The van der Waals surface area contributed by atoms with Crippen molar-refractivity contribution in [3.8, 4) is 0 Å². The summed E-state index contributed by atoms with van der Waals surface area (Å²) in [4.78, 5) is 14.2. The van der Waals surface area contributed by atoms with Gasteiger partial charge in [-0.05, 0) is 39.3 Å². The third kappa shape index (κ3) is 5.07. The molecule has 17 heavy (non-hydrogen) atoms. The summed E-state index contributed by atoms with van der Waals surface area (Å²) in [6, 6.07) is 0.0327. The number of nitrogens with zero attached hydrogens (tertiary/aromatic N) is 1. The van der Waals surface area contributed by atoms with E-state index >= 15 is 0 Å². The summed E-state index contributed by atoms with van der Waals surface area (Å²) < 4.78 is 5.16. The predicted molar refractivity (Wildman–Crippen MR) is 70.0 cm³/mol. The average molecular weight is 241 g/mol. The van der Waals surface area contributed by atoms with Crippen LogP contribution in [0.1, 0.15) is 58.8 Å². The van der Waals surface area contributed by atoms with Crippen LogP contribution in [0.2, 0.25) is 0 Å². The molecule has 0 saturated carbocycles. The molecule has 1 aliphatic rings. The molecule has 3 nitrogen and oxygen atoms in total. The summed E-state index contributed by atoms with van der Waals surface area (Å²) in [5.74, 6) is -0.0114. The van der Waals surface area contributed by atoms with E-state index in [2.05, 4.69) is 11.8 Å². The molecule has 1 fully saturated rings. The van der Waals surface area contributed by atoms with Gasteiger partial charge in [0.05, 0.1) is 6.61 Å². The number of unbranched alkanes of at least 4 members (excludes halogenated alkanes) is 3. The van der Waals surface area contributed by atoms with Crippen LogP contribution >= 0.6 is 0 Å². The molecule has 0 radical (unpaired) electrons. The first-order valence-corrected chi connectivity index (χ1v) is 7.20. The molecule has 0 aromatic heterocycles. The van der Waals surface area contributed by atoms with Crippen LogP contribution in [-0.2, 0) is 9.53 Å². The van der Waals surface area contributed by atoms with Crippen molar-refractivity contribution in [1.82, 2.24) is 4.90 Å². The smallest absolute Gasteiger partial charge is 0.323 e. The normalized spacial score (nSPS) is 21.4. The topological polar surface area (TPSA) is 29.5 Å². The van der Waals surface area contributed by atoms with E-state index in [1.54, 1.807) is 0 Å². The van der Waals surface area contributed by atoms with Gasteiger partial charge >= 0.3 is 5.97 Å². The van der Waals surface area contributed by atoms with Gasteiger partial charge in [-0.15, -0.1) is 0 Å². The molecule has 0 bridgehead atoms. The van der Waals surface area contributed by atoms with Crippen LogP contribution in [0.15, 0.2) is 0 Å². The number of likely N-dealkylation sites (tertiary alicyclic amines) is 1. The number of esters is 1. The second-order valence-electron chi connectivity index (χ2n) is 4.86. The van der Waals surface area contributed by atoms with Gasteiger partial charge in [-0.25, -0.2) is 0 Å². The Bertz CT molecular complexity index is 218. The molecule has 3 heteroatoms. The van der Waals surface area contributed by atoms with E-state index in [9.17, 15) is 4.79 Å². The summed E-state index contributed by atoms with van der Waals surface area (Å²) in [6.45, 7) is 6.73. The highest BCUT2D eigenvalue weighted by Gasteiger charge is 2.28. The Hall–Kier alpha value is -0.570. The van der Waals surface area contributed by atoms with Crippen molar-refractivity contribution >= 4 is 5.97 Å². The maximum Gasteiger partial charge on any atom is 0.323 e. The van der Waals surface area contributed by atoms with Crippen molar-refractivity contribution in [2.24, 2.45) is 0 Å². The molecule has 0 aromatic rings. The van der Waals surface area contributed by atoms with Gasteiger partial charge in [-0.1, -0.05) is 32.6 Å². The maximum atomic E-state index is 11.8. The van der Waals surface area contributed by atoms with E-state index in [-0.39, 0.29) is 12.0 Å². The molecule has 0 aliphatic carbocycles. The number of hydrogen-bond donors (Lipinski definition) is 0. The van der Waals surface area contributed by atoms with Crippen LogP contribution < -0.4 is 0 Å². The first-order valence-electron chi connectivity index (χ1n) is 7.20. The lowest BCUT2D eigenvalue weighted by Crippen LogP contribution is -2.45. The molecule has 0 aromatic carbocycles. The summed E-state index contributed by atoms with van der Waals surface area (Å²) in [5, 5.41) is 0. The Morgan fingerprint density at radius 1 is 1.24 bits per heavy atom. The van der Waals surface area contributed by atoms with E-state index in [4.69, 9.17) is 4.74 Å². The lowest BCUT2D eigenvalue weighted by Gasteiger charge is -2.33. The quantitative estimate of drug-likeness (QED) is 0.507. The summed E-state index contributed by atoms with van der Waals surface area (Å²) >= 11 is 0. The fourth-order valence-electron chi connectivity index (χ4n) is 2.51. The molecule has 0 amide bonds. The van der Waals surface area contributed by atoms with Crippen molar-refractivity contribution in [1.29, 1.82) is 0 Å². The second-order valence-corrected chi connectivity index (χ2v) is 4.86. The number of hydrogen-bond acceptors (Lipinski definition) is 3. The molecule has 0 spiro atoms. The standard InChI is InChI=1S/C14H27NO2/c1-3-5-6-8-11-15-12-9-7-10-13(15)14(16)17-4-2/h13H,3-12H2,1-2H3. The summed E-state index contributed by atoms with van der Waals surface area (Å²) in [7, 11) is 0. The fraction of sp³-hybridized carbons (Fsp3) is 0.929. The fourth-order valence-corrected chi connectivity index (χ4v) is 2.51. The third-order valence-corrected chi connectivity index (χ3v) is 3.47. The SMILES string of the molecule is CCCCCCN1CCCCC1C(=O)OCC. The average Bonchev–Trinajstić information content (AvgIpc) is 2.35. The lowest BCUT2D eigenvalue weighted by molar-refractivity contribution is -0.150. The van der Waals surface area contributed by atoms with Gasteiger partial charge in [0, 0.05) is 0 Å². The molecule has 1 atom stereocenters. The second kappa shape index (κ2) is 8.51. The number of carbonyl (C=O) groups excluding carboxylic acids is 1. The molecule has 1 aliphatic heterocycles. The van der Waals surface area contributed by atoms with Gasteiger partial charge in [0.2, 0.25) is 0 Å². The first-order chi connectivity index (χ1) is 8.29. The van der Waals surface area contributed by atoms with Crippen LogP contribution in [0.3, 0.4) is 0 Å². The van der Waals surface area contributed by atoms with Crippen LogP contribution in [-0.4, -0.2) is 36.6 Å². The zero-order valence-electron chi connectivity index (χ0n) is 11.4. The van der Waals surface area contributed by atoms with Crippen molar-refractivity contribution < 1.29 is 9.53 Å². The number of rotatable bonds is 7. The van der Waals surface area contributed by atoms with Crippen molar-refractivity contribution in [2.45, 2.75) is 64.8 Å². The lowest BCUT2D eigenvalue weighted by atomic mass is 10.0. The Balaban J connectivity index is 2.34. The molecule has 0 N–H and O–H groups in total. The highest BCUT2D eigenvalue weighted by atomic mass is 16.5. The Kier molecular flexibility index (Phi) is 7.25. The predicted octanol–water partition coefficient (Wildman–Crippen LogP) is 2.98. The number of carbonyl (C=O) groups is 1. The summed E-state index contributed by atoms with van der Waals surface area (Å²) in [5.41, 5.74) is 0. The van der Waals surface area contributed by atoms with Crippen molar-refractivity contribution in [3.05, 3.63) is 0 Å². The number of piperidine rings is 1. The first kappa shape index (κ1) is 14.5. The molecule has 1 rings (SSSR count). The third-order valence-electron chi connectivity index (χ3n) is 3.47. The molecule has 1 unspecified atom stereocenters. The minimum Gasteiger partial charge on any atom is -0.465 e. The Morgan fingerprint density at radius 2 is 2.06 bits per heavy atom. The Labute approximate surface area is 106 Å². The van der Waals surface area contributed by atoms with Gasteiger partial charge < -0.3 is 4.74 Å². The van der Waals surface area contributed by atoms with E-state index in [0.29, 0.717) is 6.61 Å². The minimum absolute atomic E-state index is 0.0114. The molecular weight excluding hydrogens is 214 g/mol. The van der Waals surface area contributed by atoms with E-state index in [0.717, 1.165) is 25.9 Å². The zero-order chi connectivity index (χ0) is 12.5. The Morgan fingerprint density at radius 3 is 2.76 bits per heavy atom. The number of ether oxygens (including phenoxy) is 1. The molecule has 1 saturated heterocycles. The van der Waals surface area contributed by atoms with Gasteiger partial charge in [0.15, 0.2) is 0 Å². The molecule has 1 heterocycles. The monoisotopic (exact) mass is 241 g/mol. The molecule has 100 valence electrons. The van der Waals surface area contributed by atoms with Gasteiger partial charge in [0.1, 0.15) is 6.04 Å². The van der Waals surface area contributed by atoms with Crippen LogP contribution in [0.4, 0.5) is 0 Å². The van der Waals surface area contributed by atoms with Crippen molar-refractivity contribution in [3.63, 3.8) is 0 Å². The van der Waals surface area contributed by atoms with E-state index in [1.807, 2.05) is 6.92 Å². The highest BCUT2D eigenvalue weighted by molar-refractivity contribution is 5.75. The van der Waals surface area contributed by atoms with Crippen LogP contribution in [0.5, 0.6) is 0 Å². The maximum absolute atomic E-state index is 11.8. The van der Waals surface area contributed by atoms with Crippen molar-refractivity contribution in [2.75, 3.05) is 19.7 Å².